The zero-order chi connectivity index (χ0) is 15.1. The lowest BCUT2D eigenvalue weighted by molar-refractivity contribution is -0.149. The molecule has 5 heteroatoms. The third kappa shape index (κ3) is 2.82. The first-order valence-corrected chi connectivity index (χ1v) is 7.32. The van der Waals surface area contributed by atoms with Crippen molar-refractivity contribution in [2.24, 2.45) is 0 Å². The topological polar surface area (TPSA) is 38.7 Å². The van der Waals surface area contributed by atoms with Crippen LogP contribution in [0.4, 0.5) is 8.78 Å². The molecule has 2 fully saturated rings. The van der Waals surface area contributed by atoms with Gasteiger partial charge in [-0.3, -0.25) is 0 Å². The van der Waals surface area contributed by atoms with Crippen LogP contribution in [0.15, 0.2) is 24.3 Å². The number of benzene rings is 1. The van der Waals surface area contributed by atoms with Crippen molar-refractivity contribution >= 4 is 0 Å². The molecule has 1 heterocycles. The van der Waals surface area contributed by atoms with Crippen LogP contribution in [0.25, 0.3) is 0 Å². The second-order valence-corrected chi connectivity index (χ2v) is 6.11. The molecular weight excluding hydrogens is 278 g/mol. The summed E-state index contributed by atoms with van der Waals surface area (Å²) >= 11 is 0. The van der Waals surface area contributed by atoms with Crippen molar-refractivity contribution in [3.63, 3.8) is 0 Å². The summed E-state index contributed by atoms with van der Waals surface area (Å²) in [7, 11) is 0. The van der Waals surface area contributed by atoms with Gasteiger partial charge in [-0.25, -0.2) is 8.78 Å². The van der Waals surface area contributed by atoms with E-state index in [-0.39, 0.29) is 25.7 Å². The van der Waals surface area contributed by atoms with E-state index in [0.29, 0.717) is 18.8 Å². The van der Waals surface area contributed by atoms with Crippen LogP contribution in [0.1, 0.15) is 43.7 Å². The Kier molecular flexibility index (Phi) is 3.55. The summed E-state index contributed by atoms with van der Waals surface area (Å²) in [6.07, 6.45) is -0.363. The van der Waals surface area contributed by atoms with Gasteiger partial charge >= 0.3 is 0 Å². The molecule has 3 nitrogen and oxygen atoms in total. The molecule has 0 spiro atoms. The zero-order valence-corrected chi connectivity index (χ0v) is 12.1. The molecule has 1 aromatic carbocycles. The first kappa shape index (κ1) is 14.9. The molecule has 3 rings (SSSR count). The predicted octanol–water partition coefficient (Wildman–Crippen LogP) is 3.30. The van der Waals surface area contributed by atoms with E-state index >= 15 is 0 Å². The smallest absolute Gasteiger partial charge is 0.248 e. The van der Waals surface area contributed by atoms with Crippen molar-refractivity contribution in [2.45, 2.75) is 49.9 Å². The standard InChI is InChI=1S/C16H20F2O3/c1-14(20-10-11-21-14)12-2-4-13(5-3-12)15(19)6-8-16(17,18)9-7-15/h2-5,19H,6-11H2,1H3. The highest BCUT2D eigenvalue weighted by Crippen LogP contribution is 2.44. The largest absolute Gasteiger partial charge is 0.385 e. The van der Waals surface area contributed by atoms with E-state index in [4.69, 9.17) is 9.47 Å². The van der Waals surface area contributed by atoms with Gasteiger partial charge in [0.25, 0.3) is 0 Å². The third-order valence-corrected chi connectivity index (χ3v) is 4.59. The fourth-order valence-electron chi connectivity index (χ4n) is 3.08. The maximum Gasteiger partial charge on any atom is 0.248 e. The summed E-state index contributed by atoms with van der Waals surface area (Å²) in [4.78, 5) is 0. The molecule has 1 aliphatic heterocycles. The molecule has 1 aliphatic carbocycles. The van der Waals surface area contributed by atoms with E-state index in [0.717, 1.165) is 5.56 Å². The number of alkyl halides is 2. The quantitative estimate of drug-likeness (QED) is 0.910. The first-order chi connectivity index (χ1) is 9.83. The molecule has 0 aromatic heterocycles. The van der Waals surface area contributed by atoms with Gasteiger partial charge < -0.3 is 14.6 Å². The normalized spacial score (nSPS) is 26.7. The summed E-state index contributed by atoms with van der Waals surface area (Å²) in [6, 6.07) is 7.25. The van der Waals surface area contributed by atoms with Gasteiger partial charge in [-0.15, -0.1) is 0 Å². The zero-order valence-electron chi connectivity index (χ0n) is 12.1. The van der Waals surface area contributed by atoms with Crippen molar-refractivity contribution in [3.05, 3.63) is 35.4 Å². The summed E-state index contributed by atoms with van der Waals surface area (Å²) < 4.78 is 37.6. The molecule has 21 heavy (non-hydrogen) atoms. The maximum atomic E-state index is 13.2. The Bertz CT molecular complexity index is 497. The van der Waals surface area contributed by atoms with E-state index in [1.54, 1.807) is 12.1 Å². The van der Waals surface area contributed by atoms with Crippen LogP contribution in [0.2, 0.25) is 0 Å². The number of hydrogen-bond donors (Lipinski definition) is 1. The number of halogens is 2. The average molecular weight is 298 g/mol. The Hall–Kier alpha value is -1.04. The van der Waals surface area contributed by atoms with Crippen LogP contribution in [-0.2, 0) is 20.9 Å². The van der Waals surface area contributed by atoms with E-state index in [2.05, 4.69) is 0 Å². The highest BCUT2D eigenvalue weighted by Gasteiger charge is 2.43. The first-order valence-electron chi connectivity index (χ1n) is 7.32. The van der Waals surface area contributed by atoms with Crippen LogP contribution < -0.4 is 0 Å². The van der Waals surface area contributed by atoms with Gasteiger partial charge in [0.1, 0.15) is 0 Å². The van der Waals surface area contributed by atoms with Crippen molar-refractivity contribution in [3.8, 4) is 0 Å². The average Bonchev–Trinajstić information content (AvgIpc) is 2.91. The van der Waals surface area contributed by atoms with E-state index < -0.39 is 17.3 Å². The Balaban J connectivity index is 1.78. The molecule has 1 saturated heterocycles. The molecular formula is C16H20F2O3. The van der Waals surface area contributed by atoms with Crippen molar-refractivity contribution in [1.29, 1.82) is 0 Å². The molecule has 1 N–H and O–H groups in total. The molecule has 116 valence electrons. The predicted molar refractivity (Wildman–Crippen MR) is 73.0 cm³/mol. The Morgan fingerprint density at radius 2 is 1.38 bits per heavy atom. The van der Waals surface area contributed by atoms with Gasteiger partial charge in [0.05, 0.1) is 18.8 Å². The van der Waals surface area contributed by atoms with Gasteiger partial charge in [0.15, 0.2) is 5.79 Å². The molecule has 0 amide bonds. The van der Waals surface area contributed by atoms with Crippen LogP contribution in [0, 0.1) is 0 Å². The third-order valence-electron chi connectivity index (χ3n) is 4.59. The molecule has 0 bridgehead atoms. The molecule has 2 aliphatic rings. The number of aliphatic hydroxyl groups is 1. The Morgan fingerprint density at radius 3 is 1.90 bits per heavy atom. The van der Waals surface area contributed by atoms with Crippen LogP contribution in [0.3, 0.4) is 0 Å². The molecule has 1 aromatic rings. The van der Waals surface area contributed by atoms with Crippen LogP contribution in [-0.4, -0.2) is 24.2 Å². The minimum atomic E-state index is -2.65. The van der Waals surface area contributed by atoms with Crippen molar-refractivity contribution < 1.29 is 23.4 Å². The Morgan fingerprint density at radius 1 is 0.905 bits per heavy atom. The fraction of sp³-hybridized carbons (Fsp3) is 0.625. The van der Waals surface area contributed by atoms with Gasteiger partial charge in [-0.1, -0.05) is 24.3 Å². The lowest BCUT2D eigenvalue weighted by Crippen LogP contribution is -2.36. The molecule has 1 saturated carbocycles. The highest BCUT2D eigenvalue weighted by molar-refractivity contribution is 5.30. The van der Waals surface area contributed by atoms with Gasteiger partial charge in [-0.05, 0) is 25.3 Å². The minimum Gasteiger partial charge on any atom is -0.385 e. The number of rotatable bonds is 2. The van der Waals surface area contributed by atoms with Crippen LogP contribution >= 0.6 is 0 Å². The molecule has 0 radical (unpaired) electrons. The number of hydrogen-bond acceptors (Lipinski definition) is 3. The minimum absolute atomic E-state index is 0.0869. The van der Waals surface area contributed by atoms with Crippen molar-refractivity contribution in [1.82, 2.24) is 0 Å². The summed E-state index contributed by atoms with van der Waals surface area (Å²) in [5.41, 5.74) is 0.398. The lowest BCUT2D eigenvalue weighted by atomic mass is 9.78. The van der Waals surface area contributed by atoms with Crippen LogP contribution in [0.5, 0.6) is 0 Å². The highest BCUT2D eigenvalue weighted by atomic mass is 19.3. The molecule has 0 atom stereocenters. The summed E-state index contributed by atoms with van der Waals surface area (Å²) in [6.45, 7) is 2.96. The SMILES string of the molecule is CC1(c2ccc(C3(O)CCC(F)(F)CC3)cc2)OCCO1. The monoisotopic (exact) mass is 298 g/mol. The molecule has 0 unspecified atom stereocenters. The van der Waals surface area contributed by atoms with E-state index in [1.165, 1.54) is 0 Å². The second-order valence-electron chi connectivity index (χ2n) is 6.11. The van der Waals surface area contributed by atoms with E-state index in [9.17, 15) is 13.9 Å². The summed E-state index contributed by atoms with van der Waals surface area (Å²) in [5.74, 6) is -3.40. The van der Waals surface area contributed by atoms with Gasteiger partial charge in [0.2, 0.25) is 5.92 Å². The van der Waals surface area contributed by atoms with E-state index in [1.807, 2.05) is 19.1 Å². The summed E-state index contributed by atoms with van der Waals surface area (Å²) in [5, 5.41) is 10.6. The van der Waals surface area contributed by atoms with Gasteiger partial charge in [0, 0.05) is 18.4 Å². The Labute approximate surface area is 122 Å². The van der Waals surface area contributed by atoms with Gasteiger partial charge in [-0.2, -0.15) is 0 Å². The maximum absolute atomic E-state index is 13.2. The fourth-order valence-corrected chi connectivity index (χ4v) is 3.08. The van der Waals surface area contributed by atoms with Crippen molar-refractivity contribution in [2.75, 3.05) is 13.2 Å². The second kappa shape index (κ2) is 5.00. The number of ether oxygens (including phenoxy) is 2. The lowest BCUT2D eigenvalue weighted by Gasteiger charge is -2.36.